The van der Waals surface area contributed by atoms with Crippen LogP contribution in [0.15, 0.2) is 41.6 Å². The number of rotatable bonds is 5. The van der Waals surface area contributed by atoms with Crippen molar-refractivity contribution in [3.63, 3.8) is 0 Å². The average Bonchev–Trinajstić information content (AvgIpc) is 2.64. The summed E-state index contributed by atoms with van der Waals surface area (Å²) in [5.74, 6) is -1.30. The van der Waals surface area contributed by atoms with Crippen LogP contribution in [0.2, 0.25) is 19.6 Å². The summed E-state index contributed by atoms with van der Waals surface area (Å²) in [4.78, 5) is 39.2. The highest BCUT2D eigenvalue weighted by molar-refractivity contribution is 9.09. The summed E-state index contributed by atoms with van der Waals surface area (Å²) in [5, 5.41) is 2.19. The normalized spacial score (nSPS) is 24.4. The van der Waals surface area contributed by atoms with Crippen LogP contribution in [0.4, 0.5) is 0 Å². The topological polar surface area (TPSA) is 98.8 Å². The second-order valence-corrected chi connectivity index (χ2v) is 14.1. The number of carbonyl (C=O) groups excluding carboxylic acids is 3. The number of β-lactam (4-membered cyclic amide) rings is 1. The van der Waals surface area contributed by atoms with E-state index in [0.29, 0.717) is 16.5 Å². The monoisotopic (exact) mass is 484 g/mol. The molecule has 2 unspecified atom stereocenters. The highest BCUT2D eigenvalue weighted by atomic mass is 79.9. The van der Waals surface area contributed by atoms with E-state index < -0.39 is 48.7 Å². The molecule has 150 valence electrons. The summed E-state index contributed by atoms with van der Waals surface area (Å²) in [6, 6.07) is 7.56. The van der Waals surface area contributed by atoms with E-state index >= 15 is 0 Å². The first-order valence-corrected chi connectivity index (χ1v) is 14.6. The quantitative estimate of drug-likeness (QED) is 0.297. The van der Waals surface area contributed by atoms with Crippen LogP contribution < -0.4 is 5.32 Å². The molecule has 1 N–H and O–H groups in total. The second-order valence-electron chi connectivity index (χ2n) is 7.53. The molecule has 3 rings (SSSR count). The van der Waals surface area contributed by atoms with Gasteiger partial charge in [0, 0.05) is 16.5 Å². The fourth-order valence-electron chi connectivity index (χ4n) is 3.08. The van der Waals surface area contributed by atoms with Crippen molar-refractivity contribution >= 4 is 53.2 Å². The highest BCUT2D eigenvalue weighted by Crippen LogP contribution is 2.38. The Kier molecular flexibility index (Phi) is 6.04. The number of hydrogen-bond acceptors (Lipinski definition) is 5. The molecule has 1 aromatic rings. The lowest BCUT2D eigenvalue weighted by Crippen LogP contribution is -2.75. The molecule has 0 spiro atoms. The summed E-state index contributed by atoms with van der Waals surface area (Å²) in [6.45, 7) is 5.62. The Morgan fingerprint density at radius 3 is 2.54 bits per heavy atom. The van der Waals surface area contributed by atoms with E-state index in [1.165, 1.54) is 4.90 Å². The van der Waals surface area contributed by atoms with Gasteiger partial charge in [-0.3, -0.25) is 14.5 Å². The first kappa shape index (κ1) is 21.1. The van der Waals surface area contributed by atoms with Crippen molar-refractivity contribution in [1.29, 1.82) is 0 Å². The van der Waals surface area contributed by atoms with Gasteiger partial charge in [-0.1, -0.05) is 34.1 Å². The van der Waals surface area contributed by atoms with E-state index in [9.17, 15) is 18.9 Å². The van der Waals surface area contributed by atoms with Gasteiger partial charge < -0.3 is 14.3 Å². The lowest BCUT2D eigenvalue weighted by molar-refractivity contribution is -0.148. The Morgan fingerprint density at radius 2 is 1.96 bits per heavy atom. The Balaban J connectivity index is 1.84. The predicted octanol–water partition coefficient (Wildman–Crippen LogP) is 1.74. The molecular formula is C18H21BrN2O5SSi. The number of nitrogens with one attached hydrogen (secondary N) is 1. The molecule has 0 radical (unpaired) electrons. The van der Waals surface area contributed by atoms with E-state index in [1.807, 2.05) is 19.6 Å². The van der Waals surface area contributed by atoms with Gasteiger partial charge in [0.15, 0.2) is 6.04 Å². The van der Waals surface area contributed by atoms with Crippen LogP contribution in [0.1, 0.15) is 10.4 Å². The van der Waals surface area contributed by atoms with Gasteiger partial charge in [-0.2, -0.15) is 0 Å². The van der Waals surface area contributed by atoms with E-state index in [2.05, 4.69) is 21.2 Å². The number of hydrogen-bond donors (Lipinski definition) is 1. The van der Waals surface area contributed by atoms with Crippen molar-refractivity contribution in [1.82, 2.24) is 10.2 Å². The van der Waals surface area contributed by atoms with Crippen molar-refractivity contribution in [2.24, 2.45) is 0 Å². The fraction of sp³-hybridized carbons (Fsp3) is 0.389. The molecule has 3 atom stereocenters. The molecule has 1 aromatic carbocycles. The Bertz CT molecular complexity index is 842. The van der Waals surface area contributed by atoms with Crippen molar-refractivity contribution in [3.05, 3.63) is 47.2 Å². The predicted molar refractivity (Wildman–Crippen MR) is 112 cm³/mol. The van der Waals surface area contributed by atoms with Gasteiger partial charge in [0.1, 0.15) is 11.4 Å². The molecule has 0 saturated carbocycles. The lowest BCUT2D eigenvalue weighted by Gasteiger charge is -2.49. The van der Waals surface area contributed by atoms with Crippen molar-refractivity contribution in [2.75, 3.05) is 11.1 Å². The SMILES string of the molecule is C[Si](C)(C)OC(=O)C1=C(CBr)C[S+]([O-])[C@H]2C(NC(=O)c3ccccc3)C(=O)N12. The van der Waals surface area contributed by atoms with Gasteiger partial charge in [0.25, 0.3) is 11.8 Å². The largest absolute Gasteiger partial charge is 0.614 e. The van der Waals surface area contributed by atoms with Crippen LogP contribution >= 0.6 is 15.9 Å². The van der Waals surface area contributed by atoms with Gasteiger partial charge in [0.05, 0.1) is 0 Å². The zero-order valence-corrected chi connectivity index (χ0v) is 19.1. The number of amides is 2. The van der Waals surface area contributed by atoms with Gasteiger partial charge in [0.2, 0.25) is 13.7 Å². The average molecular weight is 485 g/mol. The standard InChI is InChI=1S/C18H21BrN2O5SSi/c1-28(2,3)26-18(24)14-12(9-19)10-27(25)17-13(16(23)21(14)17)20-15(22)11-7-5-4-6-8-11/h4-8,13,17H,9-10H2,1-3H3,(H,20,22)/t13?,17-,27?/m0/s1. The van der Waals surface area contributed by atoms with Crippen molar-refractivity contribution in [3.8, 4) is 0 Å². The lowest BCUT2D eigenvalue weighted by atomic mass is 10.0. The van der Waals surface area contributed by atoms with E-state index in [-0.39, 0.29) is 11.4 Å². The molecule has 2 heterocycles. The maximum absolute atomic E-state index is 12.8. The molecular weight excluding hydrogens is 464 g/mol. The molecule has 1 fully saturated rings. The fourth-order valence-corrected chi connectivity index (χ4v) is 6.15. The zero-order chi connectivity index (χ0) is 20.6. The molecule has 0 aromatic heterocycles. The summed E-state index contributed by atoms with van der Waals surface area (Å²) in [6.07, 6.45) is 0. The minimum absolute atomic E-state index is 0.146. The Hall–Kier alpha value is -1.62. The summed E-state index contributed by atoms with van der Waals surface area (Å²) in [5.41, 5.74) is 1.13. The number of alkyl halides is 1. The third-order valence-corrected chi connectivity index (χ3v) is 7.41. The van der Waals surface area contributed by atoms with Crippen LogP contribution in [0.5, 0.6) is 0 Å². The second kappa shape index (κ2) is 8.01. The zero-order valence-electron chi connectivity index (χ0n) is 15.7. The maximum atomic E-state index is 12.8. The minimum Gasteiger partial charge on any atom is -0.614 e. The van der Waals surface area contributed by atoms with Gasteiger partial charge >= 0.3 is 5.97 Å². The number of carbonyl (C=O) groups is 3. The molecule has 2 aliphatic heterocycles. The highest BCUT2D eigenvalue weighted by Gasteiger charge is 2.61. The molecule has 0 bridgehead atoms. The molecule has 0 aliphatic carbocycles. The van der Waals surface area contributed by atoms with Crippen LogP contribution in [-0.2, 0) is 25.2 Å². The number of fused-ring (bicyclic) bond motifs is 1. The van der Waals surface area contributed by atoms with Crippen LogP contribution in [-0.4, -0.2) is 58.1 Å². The number of nitrogens with zero attached hydrogens (tertiary/aromatic N) is 1. The van der Waals surface area contributed by atoms with E-state index in [4.69, 9.17) is 4.43 Å². The third kappa shape index (κ3) is 4.05. The smallest absolute Gasteiger partial charge is 0.342 e. The third-order valence-electron chi connectivity index (χ3n) is 4.28. The van der Waals surface area contributed by atoms with Crippen molar-refractivity contribution in [2.45, 2.75) is 31.1 Å². The first-order valence-electron chi connectivity index (χ1n) is 8.71. The number of halogens is 1. The summed E-state index contributed by atoms with van der Waals surface area (Å²) in [7, 11) is -2.18. The van der Waals surface area contributed by atoms with E-state index in [0.717, 1.165) is 0 Å². The maximum Gasteiger partial charge on any atom is 0.342 e. The molecule has 1 saturated heterocycles. The molecule has 10 heteroatoms. The van der Waals surface area contributed by atoms with Crippen molar-refractivity contribution < 1.29 is 23.4 Å². The van der Waals surface area contributed by atoms with Crippen LogP contribution in [0.25, 0.3) is 0 Å². The van der Waals surface area contributed by atoms with E-state index in [1.54, 1.807) is 30.3 Å². The minimum atomic E-state index is -2.18. The molecule has 7 nitrogen and oxygen atoms in total. The molecule has 2 aliphatic rings. The molecule has 28 heavy (non-hydrogen) atoms. The Morgan fingerprint density at radius 1 is 1.32 bits per heavy atom. The summed E-state index contributed by atoms with van der Waals surface area (Å²) >= 11 is 1.87. The van der Waals surface area contributed by atoms with Gasteiger partial charge in [-0.05, 0) is 42.9 Å². The summed E-state index contributed by atoms with van der Waals surface area (Å²) < 4.78 is 18.3. The Labute approximate surface area is 175 Å². The number of benzene rings is 1. The van der Waals surface area contributed by atoms with Crippen LogP contribution in [0, 0.1) is 0 Å². The van der Waals surface area contributed by atoms with Gasteiger partial charge in [-0.15, -0.1) is 0 Å². The molecule has 2 amide bonds. The van der Waals surface area contributed by atoms with Gasteiger partial charge in [-0.25, -0.2) is 4.79 Å². The van der Waals surface area contributed by atoms with Crippen LogP contribution in [0.3, 0.4) is 0 Å². The first-order chi connectivity index (χ1) is 13.1.